The van der Waals surface area contributed by atoms with E-state index in [2.05, 4.69) is 5.10 Å². The van der Waals surface area contributed by atoms with Crippen LogP contribution in [0.15, 0.2) is 30.5 Å². The normalized spacial score (nSPS) is 10.8. The van der Waals surface area contributed by atoms with Gasteiger partial charge in [-0.1, -0.05) is 23.7 Å². The van der Waals surface area contributed by atoms with Crippen molar-refractivity contribution in [1.82, 2.24) is 14.7 Å². The predicted molar refractivity (Wildman–Crippen MR) is 88.2 cm³/mol. The van der Waals surface area contributed by atoms with Crippen LogP contribution in [0.3, 0.4) is 0 Å². The van der Waals surface area contributed by atoms with E-state index in [1.165, 1.54) is 4.90 Å². The number of aromatic nitrogens is 2. The second-order valence-electron chi connectivity index (χ2n) is 5.07. The molecule has 0 bridgehead atoms. The Bertz CT molecular complexity index is 672. The lowest BCUT2D eigenvalue weighted by molar-refractivity contribution is 0.0649. The van der Waals surface area contributed by atoms with Crippen molar-refractivity contribution in [2.24, 2.45) is 0 Å². The number of methoxy groups -OCH3 is 1. The van der Waals surface area contributed by atoms with E-state index in [0.29, 0.717) is 29.6 Å². The number of carbonyl (C=O) groups excluding carboxylic acids is 1. The van der Waals surface area contributed by atoms with Crippen LogP contribution in [0.2, 0.25) is 5.02 Å². The van der Waals surface area contributed by atoms with E-state index in [1.807, 2.05) is 25.1 Å². The molecule has 0 atom stereocenters. The Morgan fingerprint density at radius 1 is 1.39 bits per heavy atom. The first-order valence-corrected chi connectivity index (χ1v) is 7.66. The van der Waals surface area contributed by atoms with E-state index >= 15 is 0 Å². The molecule has 1 aromatic carbocycles. The number of ether oxygens (including phenoxy) is 1. The standard InChI is InChI=1S/C16H20ClN3O3/c1-12-11-20(14-6-4-3-5-13(14)17)18-15(12)16(22)19(7-9-21)8-10-23-2/h3-6,11,21H,7-10H2,1-2H3. The summed E-state index contributed by atoms with van der Waals surface area (Å²) < 4.78 is 6.60. The largest absolute Gasteiger partial charge is 0.395 e. The van der Waals surface area contributed by atoms with Crippen LogP contribution in [0.4, 0.5) is 0 Å². The highest BCUT2D eigenvalue weighted by Gasteiger charge is 2.21. The molecule has 2 aromatic rings. The number of aliphatic hydroxyl groups is 1. The van der Waals surface area contributed by atoms with Crippen molar-refractivity contribution in [2.45, 2.75) is 6.92 Å². The summed E-state index contributed by atoms with van der Waals surface area (Å²) >= 11 is 6.17. The molecular weight excluding hydrogens is 318 g/mol. The van der Waals surface area contributed by atoms with Gasteiger partial charge in [-0.3, -0.25) is 4.79 Å². The number of nitrogens with zero attached hydrogens (tertiary/aromatic N) is 3. The van der Waals surface area contributed by atoms with Crippen LogP contribution in [0.1, 0.15) is 16.1 Å². The van der Waals surface area contributed by atoms with Gasteiger partial charge in [0.15, 0.2) is 5.69 Å². The van der Waals surface area contributed by atoms with Gasteiger partial charge in [0.1, 0.15) is 0 Å². The van der Waals surface area contributed by atoms with Gasteiger partial charge in [-0.25, -0.2) is 4.68 Å². The molecule has 124 valence electrons. The van der Waals surface area contributed by atoms with Gasteiger partial charge in [0, 0.05) is 32.0 Å². The van der Waals surface area contributed by atoms with Crippen LogP contribution >= 0.6 is 11.6 Å². The van der Waals surface area contributed by atoms with E-state index in [1.54, 1.807) is 24.1 Å². The minimum atomic E-state index is -0.237. The summed E-state index contributed by atoms with van der Waals surface area (Å²) in [4.78, 5) is 14.2. The van der Waals surface area contributed by atoms with E-state index in [9.17, 15) is 4.79 Å². The van der Waals surface area contributed by atoms with Gasteiger partial charge in [0.05, 0.1) is 23.9 Å². The van der Waals surface area contributed by atoms with Gasteiger partial charge < -0.3 is 14.7 Å². The molecule has 0 saturated carbocycles. The smallest absolute Gasteiger partial charge is 0.274 e. The van der Waals surface area contributed by atoms with Crippen molar-refractivity contribution in [3.05, 3.63) is 46.7 Å². The van der Waals surface area contributed by atoms with Gasteiger partial charge in [-0.15, -0.1) is 0 Å². The van der Waals surface area contributed by atoms with Crippen LogP contribution in [0, 0.1) is 6.92 Å². The summed E-state index contributed by atoms with van der Waals surface area (Å²) in [7, 11) is 1.57. The maximum absolute atomic E-state index is 12.6. The average Bonchev–Trinajstić information content (AvgIpc) is 2.93. The summed E-state index contributed by atoms with van der Waals surface area (Å²) in [6.07, 6.45) is 1.77. The number of hydrogen-bond acceptors (Lipinski definition) is 4. The van der Waals surface area contributed by atoms with E-state index < -0.39 is 0 Å². The molecule has 23 heavy (non-hydrogen) atoms. The molecule has 2 rings (SSSR count). The summed E-state index contributed by atoms with van der Waals surface area (Å²) in [6, 6.07) is 7.30. The number of amides is 1. The maximum Gasteiger partial charge on any atom is 0.274 e. The average molecular weight is 338 g/mol. The zero-order valence-electron chi connectivity index (χ0n) is 13.2. The molecule has 1 heterocycles. The Hall–Kier alpha value is -1.89. The minimum absolute atomic E-state index is 0.111. The van der Waals surface area contributed by atoms with Crippen molar-refractivity contribution < 1.29 is 14.6 Å². The molecule has 0 radical (unpaired) electrons. The second-order valence-corrected chi connectivity index (χ2v) is 5.47. The number of benzene rings is 1. The molecule has 7 heteroatoms. The van der Waals surface area contributed by atoms with Gasteiger partial charge in [-0.05, 0) is 19.1 Å². The molecule has 0 aliphatic heterocycles. The molecule has 0 saturated heterocycles. The maximum atomic E-state index is 12.6. The summed E-state index contributed by atoms with van der Waals surface area (Å²) in [5, 5.41) is 14.1. The van der Waals surface area contributed by atoms with Crippen molar-refractivity contribution in [2.75, 3.05) is 33.4 Å². The third kappa shape index (κ3) is 4.10. The fraction of sp³-hybridized carbons (Fsp3) is 0.375. The van der Waals surface area contributed by atoms with Gasteiger partial charge in [-0.2, -0.15) is 5.10 Å². The highest BCUT2D eigenvalue weighted by molar-refractivity contribution is 6.32. The fourth-order valence-corrected chi connectivity index (χ4v) is 2.44. The second kappa shape index (κ2) is 8.10. The monoisotopic (exact) mass is 337 g/mol. The Balaban J connectivity index is 2.29. The Labute approximate surface area is 140 Å². The molecule has 0 aliphatic rings. The predicted octanol–water partition coefficient (Wildman–Crippen LogP) is 1.92. The van der Waals surface area contributed by atoms with Gasteiger partial charge >= 0.3 is 0 Å². The van der Waals surface area contributed by atoms with E-state index in [-0.39, 0.29) is 19.1 Å². The molecule has 1 aromatic heterocycles. The SMILES string of the molecule is COCCN(CCO)C(=O)c1nn(-c2ccccc2Cl)cc1C. The molecular formula is C16H20ClN3O3. The molecule has 0 spiro atoms. The number of halogens is 1. The Morgan fingerprint density at radius 2 is 2.13 bits per heavy atom. The minimum Gasteiger partial charge on any atom is -0.395 e. The highest BCUT2D eigenvalue weighted by Crippen LogP contribution is 2.21. The first-order valence-electron chi connectivity index (χ1n) is 7.28. The van der Waals surface area contributed by atoms with Crippen LogP contribution in [0.25, 0.3) is 5.69 Å². The van der Waals surface area contributed by atoms with Crippen LogP contribution in [0.5, 0.6) is 0 Å². The molecule has 1 amide bonds. The van der Waals surface area contributed by atoms with Crippen molar-refractivity contribution in [1.29, 1.82) is 0 Å². The van der Waals surface area contributed by atoms with Crippen LogP contribution < -0.4 is 0 Å². The number of aryl methyl sites for hydroxylation is 1. The molecule has 0 aliphatic carbocycles. The summed E-state index contributed by atoms with van der Waals surface area (Å²) in [5.74, 6) is -0.237. The number of carbonyl (C=O) groups is 1. The summed E-state index contributed by atoms with van der Waals surface area (Å²) in [5.41, 5.74) is 1.80. The van der Waals surface area contributed by atoms with Gasteiger partial charge in [0.2, 0.25) is 0 Å². The molecule has 6 nitrogen and oxygen atoms in total. The molecule has 0 unspecified atom stereocenters. The third-order valence-electron chi connectivity index (χ3n) is 3.42. The quantitative estimate of drug-likeness (QED) is 0.838. The van der Waals surface area contributed by atoms with E-state index in [4.69, 9.17) is 21.4 Å². The van der Waals surface area contributed by atoms with E-state index in [0.717, 1.165) is 5.56 Å². The third-order valence-corrected chi connectivity index (χ3v) is 3.74. The first kappa shape index (κ1) is 17.5. The number of para-hydroxylation sites is 1. The molecule has 1 N–H and O–H groups in total. The molecule has 0 fully saturated rings. The Kier molecular flexibility index (Phi) is 6.15. The number of rotatable bonds is 7. The highest BCUT2D eigenvalue weighted by atomic mass is 35.5. The summed E-state index contributed by atoms with van der Waals surface area (Å²) in [6.45, 7) is 2.74. The first-order chi connectivity index (χ1) is 11.1. The topological polar surface area (TPSA) is 67.6 Å². The lowest BCUT2D eigenvalue weighted by Crippen LogP contribution is -2.36. The number of hydrogen-bond donors (Lipinski definition) is 1. The zero-order chi connectivity index (χ0) is 16.8. The van der Waals surface area contributed by atoms with Crippen LogP contribution in [-0.4, -0.2) is 59.1 Å². The van der Waals surface area contributed by atoms with Crippen molar-refractivity contribution >= 4 is 17.5 Å². The lowest BCUT2D eigenvalue weighted by Gasteiger charge is -2.20. The van der Waals surface area contributed by atoms with Crippen molar-refractivity contribution in [3.8, 4) is 5.69 Å². The van der Waals surface area contributed by atoms with Gasteiger partial charge in [0.25, 0.3) is 5.91 Å². The zero-order valence-corrected chi connectivity index (χ0v) is 14.0. The van der Waals surface area contributed by atoms with Crippen molar-refractivity contribution in [3.63, 3.8) is 0 Å². The fourth-order valence-electron chi connectivity index (χ4n) is 2.22. The van der Waals surface area contributed by atoms with Crippen LogP contribution in [-0.2, 0) is 4.74 Å². The lowest BCUT2D eigenvalue weighted by atomic mass is 10.2. The Morgan fingerprint density at radius 3 is 2.78 bits per heavy atom. The number of aliphatic hydroxyl groups excluding tert-OH is 1.